The van der Waals surface area contributed by atoms with Crippen LogP contribution in [0.1, 0.15) is 38.0 Å². The van der Waals surface area contributed by atoms with E-state index in [4.69, 9.17) is 10.2 Å². The summed E-state index contributed by atoms with van der Waals surface area (Å²) >= 11 is 0. The Bertz CT molecular complexity index is 249. The van der Waals surface area contributed by atoms with Crippen molar-refractivity contribution in [3.05, 3.63) is 24.2 Å². The minimum atomic E-state index is 0.0903. The summed E-state index contributed by atoms with van der Waals surface area (Å²) in [5, 5.41) is 0. The highest BCUT2D eigenvalue weighted by Gasteiger charge is 2.39. The number of rotatable bonds is 3. The fourth-order valence-electron chi connectivity index (χ4n) is 1.55. The van der Waals surface area contributed by atoms with Crippen LogP contribution in [0.25, 0.3) is 0 Å². The van der Waals surface area contributed by atoms with Crippen LogP contribution in [0.4, 0.5) is 0 Å². The Morgan fingerprint density at radius 2 is 2.42 bits per heavy atom. The number of hydrogen-bond donors (Lipinski definition) is 1. The van der Waals surface area contributed by atoms with E-state index in [0.29, 0.717) is 5.41 Å². The van der Waals surface area contributed by atoms with Gasteiger partial charge in [0.15, 0.2) is 0 Å². The fraction of sp³-hybridized carbons (Fsp3) is 0.600. The zero-order valence-corrected chi connectivity index (χ0v) is 7.42. The van der Waals surface area contributed by atoms with Gasteiger partial charge in [0.2, 0.25) is 0 Å². The Kier molecular flexibility index (Phi) is 1.72. The topological polar surface area (TPSA) is 39.2 Å². The SMILES string of the molecule is CC1(CC(N)c2ccco2)CC1. The third kappa shape index (κ3) is 1.53. The van der Waals surface area contributed by atoms with E-state index in [1.54, 1.807) is 6.26 Å². The van der Waals surface area contributed by atoms with Crippen molar-refractivity contribution in [2.24, 2.45) is 11.1 Å². The van der Waals surface area contributed by atoms with Gasteiger partial charge < -0.3 is 10.2 Å². The highest BCUT2D eigenvalue weighted by molar-refractivity contribution is 5.06. The predicted octanol–water partition coefficient (Wildman–Crippen LogP) is 2.47. The molecule has 2 heteroatoms. The summed E-state index contributed by atoms with van der Waals surface area (Å²) in [6.07, 6.45) is 5.38. The monoisotopic (exact) mass is 165 g/mol. The van der Waals surface area contributed by atoms with Crippen molar-refractivity contribution in [1.29, 1.82) is 0 Å². The van der Waals surface area contributed by atoms with E-state index >= 15 is 0 Å². The Labute approximate surface area is 72.7 Å². The molecule has 1 saturated carbocycles. The lowest BCUT2D eigenvalue weighted by Gasteiger charge is -2.13. The van der Waals surface area contributed by atoms with Crippen molar-refractivity contribution in [2.45, 2.75) is 32.2 Å². The number of hydrogen-bond acceptors (Lipinski definition) is 2. The quantitative estimate of drug-likeness (QED) is 0.747. The van der Waals surface area contributed by atoms with Crippen molar-refractivity contribution in [1.82, 2.24) is 0 Å². The Morgan fingerprint density at radius 3 is 2.92 bits per heavy atom. The Balaban J connectivity index is 1.97. The molecule has 1 heterocycles. The summed E-state index contributed by atoms with van der Waals surface area (Å²) in [5.74, 6) is 0.920. The second-order valence-corrected chi connectivity index (χ2v) is 4.14. The zero-order chi connectivity index (χ0) is 8.60. The molecule has 1 aromatic heterocycles. The molecular weight excluding hydrogens is 150 g/mol. The van der Waals surface area contributed by atoms with Crippen LogP contribution in [-0.4, -0.2) is 0 Å². The van der Waals surface area contributed by atoms with Gasteiger partial charge in [-0.2, -0.15) is 0 Å². The first-order valence-corrected chi connectivity index (χ1v) is 4.49. The van der Waals surface area contributed by atoms with Crippen LogP contribution in [0.3, 0.4) is 0 Å². The number of nitrogens with two attached hydrogens (primary N) is 1. The minimum absolute atomic E-state index is 0.0903. The molecule has 1 aliphatic carbocycles. The summed E-state index contributed by atoms with van der Waals surface area (Å²) < 4.78 is 5.24. The fourth-order valence-corrected chi connectivity index (χ4v) is 1.55. The summed E-state index contributed by atoms with van der Waals surface area (Å²) in [7, 11) is 0. The highest BCUT2D eigenvalue weighted by atomic mass is 16.3. The van der Waals surface area contributed by atoms with E-state index in [9.17, 15) is 0 Å². The van der Waals surface area contributed by atoms with Crippen LogP contribution in [0, 0.1) is 5.41 Å². The first kappa shape index (κ1) is 7.87. The van der Waals surface area contributed by atoms with E-state index in [0.717, 1.165) is 12.2 Å². The third-order valence-corrected chi connectivity index (χ3v) is 2.72. The van der Waals surface area contributed by atoms with Crippen molar-refractivity contribution in [3.8, 4) is 0 Å². The largest absolute Gasteiger partial charge is 0.468 e. The maximum atomic E-state index is 5.97. The van der Waals surface area contributed by atoms with Gasteiger partial charge in [0, 0.05) is 0 Å². The lowest BCUT2D eigenvalue weighted by atomic mass is 9.98. The first-order chi connectivity index (χ1) is 5.70. The summed E-state index contributed by atoms with van der Waals surface area (Å²) in [6.45, 7) is 2.29. The molecule has 1 fully saturated rings. The second kappa shape index (κ2) is 2.63. The number of furan rings is 1. The van der Waals surface area contributed by atoms with E-state index in [2.05, 4.69) is 6.92 Å². The summed E-state index contributed by atoms with van der Waals surface area (Å²) in [5.41, 5.74) is 6.48. The molecule has 12 heavy (non-hydrogen) atoms. The van der Waals surface area contributed by atoms with E-state index in [-0.39, 0.29) is 6.04 Å². The first-order valence-electron chi connectivity index (χ1n) is 4.49. The molecule has 0 aromatic carbocycles. The third-order valence-electron chi connectivity index (χ3n) is 2.72. The molecule has 0 saturated heterocycles. The molecule has 2 rings (SSSR count). The molecule has 1 aromatic rings. The summed E-state index contributed by atoms with van der Waals surface area (Å²) in [4.78, 5) is 0. The molecule has 2 nitrogen and oxygen atoms in total. The van der Waals surface area contributed by atoms with Gasteiger partial charge in [0.25, 0.3) is 0 Å². The van der Waals surface area contributed by atoms with Gasteiger partial charge in [-0.25, -0.2) is 0 Å². The van der Waals surface area contributed by atoms with E-state index in [1.165, 1.54) is 12.8 Å². The average molecular weight is 165 g/mol. The molecule has 66 valence electrons. The van der Waals surface area contributed by atoms with Crippen molar-refractivity contribution >= 4 is 0 Å². The van der Waals surface area contributed by atoms with Crippen molar-refractivity contribution in [3.63, 3.8) is 0 Å². The van der Waals surface area contributed by atoms with Crippen LogP contribution in [0.5, 0.6) is 0 Å². The minimum Gasteiger partial charge on any atom is -0.468 e. The molecule has 0 amide bonds. The maximum Gasteiger partial charge on any atom is 0.120 e. The van der Waals surface area contributed by atoms with Gasteiger partial charge in [-0.15, -0.1) is 0 Å². The van der Waals surface area contributed by atoms with Gasteiger partial charge in [0.05, 0.1) is 12.3 Å². The lowest BCUT2D eigenvalue weighted by molar-refractivity contribution is 0.391. The van der Waals surface area contributed by atoms with E-state index < -0.39 is 0 Å². The molecule has 1 atom stereocenters. The van der Waals surface area contributed by atoms with Gasteiger partial charge >= 0.3 is 0 Å². The van der Waals surface area contributed by atoms with Gasteiger partial charge in [0.1, 0.15) is 5.76 Å². The smallest absolute Gasteiger partial charge is 0.120 e. The maximum absolute atomic E-state index is 5.97. The molecule has 1 unspecified atom stereocenters. The van der Waals surface area contributed by atoms with Crippen LogP contribution >= 0.6 is 0 Å². The normalized spacial score (nSPS) is 22.2. The zero-order valence-electron chi connectivity index (χ0n) is 7.42. The Morgan fingerprint density at radius 1 is 1.67 bits per heavy atom. The van der Waals surface area contributed by atoms with E-state index in [1.807, 2.05) is 12.1 Å². The van der Waals surface area contributed by atoms with Crippen molar-refractivity contribution < 1.29 is 4.42 Å². The molecule has 0 bridgehead atoms. The van der Waals surface area contributed by atoms with Crippen LogP contribution < -0.4 is 5.73 Å². The van der Waals surface area contributed by atoms with Crippen molar-refractivity contribution in [2.75, 3.05) is 0 Å². The molecule has 0 aliphatic heterocycles. The molecule has 0 radical (unpaired) electrons. The summed E-state index contributed by atoms with van der Waals surface area (Å²) in [6, 6.07) is 3.94. The Hall–Kier alpha value is -0.760. The average Bonchev–Trinajstić information content (AvgIpc) is 2.55. The van der Waals surface area contributed by atoms with Gasteiger partial charge in [-0.05, 0) is 36.8 Å². The molecule has 1 aliphatic rings. The van der Waals surface area contributed by atoms with Gasteiger partial charge in [-0.1, -0.05) is 6.92 Å². The molecular formula is C10H15NO. The lowest BCUT2D eigenvalue weighted by Crippen LogP contribution is -2.13. The molecule has 2 N–H and O–H groups in total. The van der Waals surface area contributed by atoms with Crippen LogP contribution in [0.2, 0.25) is 0 Å². The van der Waals surface area contributed by atoms with Crippen LogP contribution in [-0.2, 0) is 0 Å². The highest BCUT2D eigenvalue weighted by Crippen LogP contribution is 2.50. The molecule has 0 spiro atoms. The van der Waals surface area contributed by atoms with Crippen LogP contribution in [0.15, 0.2) is 22.8 Å². The predicted molar refractivity (Wildman–Crippen MR) is 47.6 cm³/mol. The standard InChI is InChI=1S/C10H15NO/c1-10(4-5-10)7-8(11)9-3-2-6-12-9/h2-3,6,8H,4-5,7,11H2,1H3. The second-order valence-electron chi connectivity index (χ2n) is 4.14. The van der Waals surface area contributed by atoms with Gasteiger partial charge in [-0.3, -0.25) is 0 Å².